The summed E-state index contributed by atoms with van der Waals surface area (Å²) in [6.45, 7) is 6.77. The van der Waals surface area contributed by atoms with E-state index in [1.54, 1.807) is 0 Å². The van der Waals surface area contributed by atoms with E-state index in [9.17, 15) is 0 Å². The summed E-state index contributed by atoms with van der Waals surface area (Å²) in [7, 11) is 2.25. The molecule has 2 rings (SSSR count). The highest BCUT2D eigenvalue weighted by Crippen LogP contribution is 2.29. The zero-order valence-corrected chi connectivity index (χ0v) is 11.2. The standard InChI is InChI=1S/C15H24N2/c1-4-8-14-11-17(3)15(2,12-16-14)13-9-6-5-7-10-13/h5-7,9-10,14,16H,4,8,11-12H2,1-3H3. The fraction of sp³-hybridized carbons (Fsp3) is 0.600. The molecule has 1 aromatic rings. The van der Waals surface area contributed by atoms with Crippen molar-refractivity contribution in [3.8, 4) is 0 Å². The first-order chi connectivity index (χ1) is 8.16. The molecular weight excluding hydrogens is 208 g/mol. The molecule has 1 heterocycles. The van der Waals surface area contributed by atoms with E-state index in [1.807, 2.05) is 0 Å². The molecule has 0 saturated carbocycles. The van der Waals surface area contributed by atoms with Crippen molar-refractivity contribution in [2.45, 2.75) is 38.3 Å². The molecule has 1 aliphatic heterocycles. The molecule has 1 aromatic carbocycles. The van der Waals surface area contributed by atoms with E-state index in [4.69, 9.17) is 0 Å². The Kier molecular flexibility index (Phi) is 3.85. The maximum absolute atomic E-state index is 3.70. The molecule has 2 heteroatoms. The van der Waals surface area contributed by atoms with E-state index < -0.39 is 0 Å². The minimum Gasteiger partial charge on any atom is -0.311 e. The summed E-state index contributed by atoms with van der Waals surface area (Å²) in [5.41, 5.74) is 1.54. The Morgan fingerprint density at radius 1 is 1.35 bits per heavy atom. The molecule has 1 N–H and O–H groups in total. The van der Waals surface area contributed by atoms with Crippen LogP contribution in [0.3, 0.4) is 0 Å². The lowest BCUT2D eigenvalue weighted by Gasteiger charge is -2.46. The van der Waals surface area contributed by atoms with Crippen molar-refractivity contribution in [3.63, 3.8) is 0 Å². The summed E-state index contributed by atoms with van der Waals surface area (Å²) < 4.78 is 0. The van der Waals surface area contributed by atoms with Crippen LogP contribution in [-0.4, -0.2) is 31.1 Å². The van der Waals surface area contributed by atoms with Gasteiger partial charge < -0.3 is 5.32 Å². The van der Waals surface area contributed by atoms with Gasteiger partial charge in [0.1, 0.15) is 0 Å². The summed E-state index contributed by atoms with van der Waals surface area (Å²) >= 11 is 0. The normalized spacial score (nSPS) is 30.4. The Balaban J connectivity index is 2.12. The number of hydrogen-bond donors (Lipinski definition) is 1. The van der Waals surface area contributed by atoms with Crippen molar-refractivity contribution in [1.82, 2.24) is 10.2 Å². The van der Waals surface area contributed by atoms with Crippen LogP contribution in [0.15, 0.2) is 30.3 Å². The van der Waals surface area contributed by atoms with Crippen molar-refractivity contribution in [1.29, 1.82) is 0 Å². The maximum Gasteiger partial charge on any atom is 0.0555 e. The summed E-state index contributed by atoms with van der Waals surface area (Å²) in [6, 6.07) is 11.5. The average Bonchev–Trinajstić information content (AvgIpc) is 2.35. The number of nitrogens with one attached hydrogen (secondary N) is 1. The van der Waals surface area contributed by atoms with Gasteiger partial charge >= 0.3 is 0 Å². The Labute approximate surface area is 105 Å². The van der Waals surface area contributed by atoms with Gasteiger partial charge in [-0.3, -0.25) is 4.90 Å². The van der Waals surface area contributed by atoms with E-state index in [2.05, 4.69) is 61.4 Å². The molecule has 1 saturated heterocycles. The fourth-order valence-corrected chi connectivity index (χ4v) is 2.74. The third kappa shape index (κ3) is 2.53. The topological polar surface area (TPSA) is 15.3 Å². The van der Waals surface area contributed by atoms with E-state index in [0.717, 1.165) is 13.1 Å². The smallest absolute Gasteiger partial charge is 0.0555 e. The molecule has 2 atom stereocenters. The third-order valence-electron chi connectivity index (χ3n) is 4.10. The Hall–Kier alpha value is -0.860. The molecular formula is C15H24N2. The van der Waals surface area contributed by atoms with Crippen molar-refractivity contribution < 1.29 is 0 Å². The van der Waals surface area contributed by atoms with Gasteiger partial charge in [-0.15, -0.1) is 0 Å². The van der Waals surface area contributed by atoms with Gasteiger partial charge in [-0.1, -0.05) is 43.7 Å². The van der Waals surface area contributed by atoms with Gasteiger partial charge in [0.05, 0.1) is 5.54 Å². The quantitative estimate of drug-likeness (QED) is 0.862. The third-order valence-corrected chi connectivity index (χ3v) is 4.10. The van der Waals surface area contributed by atoms with Gasteiger partial charge in [0, 0.05) is 19.1 Å². The number of piperazine rings is 1. The van der Waals surface area contributed by atoms with Crippen LogP contribution in [0.1, 0.15) is 32.3 Å². The predicted molar refractivity (Wildman–Crippen MR) is 73.1 cm³/mol. The molecule has 0 aromatic heterocycles. The highest BCUT2D eigenvalue weighted by molar-refractivity contribution is 5.25. The van der Waals surface area contributed by atoms with Crippen LogP contribution in [0, 0.1) is 0 Å². The van der Waals surface area contributed by atoms with Crippen molar-refractivity contribution in [2.24, 2.45) is 0 Å². The highest BCUT2D eigenvalue weighted by atomic mass is 15.2. The zero-order valence-electron chi connectivity index (χ0n) is 11.2. The van der Waals surface area contributed by atoms with Crippen LogP contribution in [0.5, 0.6) is 0 Å². The number of benzene rings is 1. The van der Waals surface area contributed by atoms with E-state index in [-0.39, 0.29) is 5.54 Å². The highest BCUT2D eigenvalue weighted by Gasteiger charge is 2.36. The molecule has 94 valence electrons. The Morgan fingerprint density at radius 3 is 2.65 bits per heavy atom. The van der Waals surface area contributed by atoms with Crippen LogP contribution in [0.2, 0.25) is 0 Å². The second kappa shape index (κ2) is 5.19. The summed E-state index contributed by atoms with van der Waals surface area (Å²) in [4.78, 5) is 2.50. The van der Waals surface area contributed by atoms with Gasteiger partial charge in [-0.25, -0.2) is 0 Å². The van der Waals surface area contributed by atoms with Crippen LogP contribution >= 0.6 is 0 Å². The van der Waals surface area contributed by atoms with Gasteiger partial charge in [0.15, 0.2) is 0 Å². The number of hydrogen-bond acceptors (Lipinski definition) is 2. The summed E-state index contributed by atoms with van der Waals surface area (Å²) in [6.07, 6.45) is 2.53. The SMILES string of the molecule is CCCC1CN(C)C(C)(c2ccccc2)CN1. The molecule has 2 nitrogen and oxygen atoms in total. The van der Waals surface area contributed by atoms with Crippen LogP contribution in [0.4, 0.5) is 0 Å². The van der Waals surface area contributed by atoms with Crippen molar-refractivity contribution in [3.05, 3.63) is 35.9 Å². The van der Waals surface area contributed by atoms with Crippen molar-refractivity contribution in [2.75, 3.05) is 20.1 Å². The lowest BCUT2D eigenvalue weighted by molar-refractivity contribution is 0.0747. The van der Waals surface area contributed by atoms with Gasteiger partial charge in [-0.05, 0) is 26.0 Å². The van der Waals surface area contributed by atoms with Crippen LogP contribution in [0.25, 0.3) is 0 Å². The molecule has 0 spiro atoms. The number of rotatable bonds is 3. The van der Waals surface area contributed by atoms with Gasteiger partial charge in [0.25, 0.3) is 0 Å². The Bertz CT molecular complexity index is 349. The first kappa shape index (κ1) is 12.6. The minimum atomic E-state index is 0.130. The molecule has 1 aliphatic rings. The molecule has 0 aliphatic carbocycles. The second-order valence-corrected chi connectivity index (χ2v) is 5.39. The molecule has 17 heavy (non-hydrogen) atoms. The Morgan fingerprint density at radius 2 is 2.06 bits per heavy atom. The zero-order chi connectivity index (χ0) is 12.3. The lowest BCUT2D eigenvalue weighted by Crippen LogP contribution is -2.59. The predicted octanol–water partition coefficient (Wildman–Crippen LogP) is 2.61. The summed E-state index contributed by atoms with van der Waals surface area (Å²) in [5, 5.41) is 3.70. The fourth-order valence-electron chi connectivity index (χ4n) is 2.74. The van der Waals surface area contributed by atoms with Crippen molar-refractivity contribution >= 4 is 0 Å². The number of likely N-dealkylation sites (N-methyl/N-ethyl adjacent to an activating group) is 1. The van der Waals surface area contributed by atoms with Gasteiger partial charge in [0.2, 0.25) is 0 Å². The summed E-state index contributed by atoms with van der Waals surface area (Å²) in [5.74, 6) is 0. The van der Waals surface area contributed by atoms with Crippen LogP contribution < -0.4 is 5.32 Å². The molecule has 2 unspecified atom stereocenters. The molecule has 0 radical (unpaired) electrons. The minimum absolute atomic E-state index is 0.130. The monoisotopic (exact) mass is 232 g/mol. The molecule has 1 fully saturated rings. The van der Waals surface area contributed by atoms with Crippen LogP contribution in [-0.2, 0) is 5.54 Å². The number of nitrogens with zero attached hydrogens (tertiary/aromatic N) is 1. The molecule has 0 amide bonds. The van der Waals surface area contributed by atoms with E-state index in [0.29, 0.717) is 6.04 Å². The lowest BCUT2D eigenvalue weighted by atomic mass is 9.87. The first-order valence-corrected chi connectivity index (χ1v) is 6.67. The van der Waals surface area contributed by atoms with E-state index in [1.165, 1.54) is 18.4 Å². The average molecular weight is 232 g/mol. The molecule has 0 bridgehead atoms. The largest absolute Gasteiger partial charge is 0.311 e. The van der Waals surface area contributed by atoms with Gasteiger partial charge in [-0.2, -0.15) is 0 Å². The first-order valence-electron chi connectivity index (χ1n) is 6.67. The maximum atomic E-state index is 3.70. The van der Waals surface area contributed by atoms with E-state index >= 15 is 0 Å². The second-order valence-electron chi connectivity index (χ2n) is 5.39.